The molecule has 0 radical (unpaired) electrons. The van der Waals surface area contributed by atoms with Crippen molar-refractivity contribution in [1.82, 2.24) is 9.55 Å². The quantitative estimate of drug-likeness (QED) is 0.637. The molecule has 0 amide bonds. The summed E-state index contributed by atoms with van der Waals surface area (Å²) < 4.78 is 7.81. The van der Waals surface area contributed by atoms with E-state index in [1.165, 1.54) is 0 Å². The van der Waals surface area contributed by atoms with Crippen molar-refractivity contribution in [3.05, 3.63) is 59.4 Å². The number of aliphatic hydroxyl groups excluding tert-OH is 1. The molecule has 0 saturated heterocycles. The minimum Gasteiger partial charge on any atom is -0.494 e. The molecule has 0 unspecified atom stereocenters. The lowest BCUT2D eigenvalue weighted by Crippen LogP contribution is -2.08. The first kappa shape index (κ1) is 16.8. The molecule has 0 bridgehead atoms. The number of halogens is 1. The van der Waals surface area contributed by atoms with Crippen molar-refractivity contribution in [1.29, 1.82) is 0 Å². The second-order valence-corrected chi connectivity index (χ2v) is 6.23. The van der Waals surface area contributed by atoms with Gasteiger partial charge in [-0.15, -0.1) is 0 Å². The number of nitrogens with zero attached hydrogens (tertiary/aromatic N) is 2. The Morgan fingerprint density at radius 1 is 1.12 bits per heavy atom. The Kier molecular flexibility index (Phi) is 5.38. The highest BCUT2D eigenvalue weighted by atomic mass is 35.5. The molecule has 1 N–H and O–H groups in total. The maximum atomic E-state index is 9.96. The van der Waals surface area contributed by atoms with Crippen molar-refractivity contribution in [3.8, 4) is 5.75 Å². The fourth-order valence-electron chi connectivity index (χ4n) is 2.74. The first-order valence-corrected chi connectivity index (χ1v) is 8.54. The lowest BCUT2D eigenvalue weighted by atomic mass is 10.2. The summed E-state index contributed by atoms with van der Waals surface area (Å²) in [5.41, 5.74) is 1.98. The van der Waals surface area contributed by atoms with Crippen LogP contribution in [0.15, 0.2) is 48.5 Å². The summed E-state index contributed by atoms with van der Waals surface area (Å²) in [6.07, 6.45) is 1.30. The van der Waals surface area contributed by atoms with E-state index >= 15 is 0 Å². The van der Waals surface area contributed by atoms with Gasteiger partial charge in [-0.3, -0.25) is 0 Å². The van der Waals surface area contributed by atoms with E-state index in [0.29, 0.717) is 11.6 Å². The Morgan fingerprint density at radius 3 is 2.62 bits per heavy atom. The smallest absolute Gasteiger partial charge is 0.138 e. The second-order valence-electron chi connectivity index (χ2n) is 5.80. The van der Waals surface area contributed by atoms with Gasteiger partial charge in [0.25, 0.3) is 0 Å². The predicted molar refractivity (Wildman–Crippen MR) is 96.5 cm³/mol. The SMILES string of the molecule is C[C@H](O)c1nc2ccccc2n1CCCCOc1ccc(Cl)cc1. The Hall–Kier alpha value is -2.04. The lowest BCUT2D eigenvalue weighted by Gasteiger charge is -2.11. The van der Waals surface area contributed by atoms with Gasteiger partial charge in [-0.1, -0.05) is 23.7 Å². The van der Waals surface area contributed by atoms with Crippen LogP contribution in [0.4, 0.5) is 0 Å². The maximum Gasteiger partial charge on any atom is 0.138 e. The molecule has 126 valence electrons. The van der Waals surface area contributed by atoms with Crippen LogP contribution in [-0.4, -0.2) is 21.3 Å². The summed E-state index contributed by atoms with van der Waals surface area (Å²) in [6.45, 7) is 3.21. The summed E-state index contributed by atoms with van der Waals surface area (Å²) >= 11 is 5.86. The monoisotopic (exact) mass is 344 g/mol. The van der Waals surface area contributed by atoms with Gasteiger partial charge in [0.1, 0.15) is 17.7 Å². The average Bonchev–Trinajstić information content (AvgIpc) is 2.95. The number of ether oxygens (including phenoxy) is 1. The third-order valence-electron chi connectivity index (χ3n) is 3.92. The Morgan fingerprint density at radius 2 is 1.88 bits per heavy atom. The molecule has 1 heterocycles. The van der Waals surface area contributed by atoms with Gasteiger partial charge in [0, 0.05) is 11.6 Å². The van der Waals surface area contributed by atoms with Crippen LogP contribution >= 0.6 is 11.6 Å². The maximum absolute atomic E-state index is 9.96. The third kappa shape index (κ3) is 3.89. The van der Waals surface area contributed by atoms with Crippen molar-refractivity contribution < 1.29 is 9.84 Å². The van der Waals surface area contributed by atoms with Crippen LogP contribution in [0.25, 0.3) is 11.0 Å². The second kappa shape index (κ2) is 7.69. The molecule has 2 aromatic carbocycles. The summed E-state index contributed by atoms with van der Waals surface area (Å²) in [5.74, 6) is 1.55. The zero-order valence-electron chi connectivity index (χ0n) is 13.7. The molecule has 0 aliphatic rings. The van der Waals surface area contributed by atoms with Gasteiger partial charge >= 0.3 is 0 Å². The Labute approximate surface area is 146 Å². The van der Waals surface area contributed by atoms with E-state index in [9.17, 15) is 5.11 Å². The van der Waals surface area contributed by atoms with Crippen LogP contribution in [0.5, 0.6) is 5.75 Å². The van der Waals surface area contributed by atoms with Gasteiger partial charge in [0.05, 0.1) is 17.6 Å². The number of imidazole rings is 1. The van der Waals surface area contributed by atoms with Gasteiger partial charge in [-0.05, 0) is 56.2 Å². The van der Waals surface area contributed by atoms with Crippen LogP contribution in [0.2, 0.25) is 5.02 Å². The van der Waals surface area contributed by atoms with Crippen LogP contribution in [0.1, 0.15) is 31.7 Å². The van der Waals surface area contributed by atoms with Crippen molar-refractivity contribution in [2.75, 3.05) is 6.61 Å². The minimum absolute atomic E-state index is 0.581. The molecule has 0 aliphatic heterocycles. The number of hydrogen-bond acceptors (Lipinski definition) is 3. The lowest BCUT2D eigenvalue weighted by molar-refractivity contribution is 0.184. The molecular formula is C19H21ClN2O2. The van der Waals surface area contributed by atoms with Crippen LogP contribution in [0, 0.1) is 0 Å². The van der Waals surface area contributed by atoms with E-state index in [1.54, 1.807) is 6.92 Å². The molecule has 1 aromatic heterocycles. The zero-order valence-corrected chi connectivity index (χ0v) is 14.4. The molecule has 4 nitrogen and oxygen atoms in total. The van der Waals surface area contributed by atoms with E-state index in [2.05, 4.69) is 9.55 Å². The third-order valence-corrected chi connectivity index (χ3v) is 4.17. The molecule has 3 rings (SSSR count). The topological polar surface area (TPSA) is 47.3 Å². The minimum atomic E-state index is -0.581. The number of benzene rings is 2. The highest BCUT2D eigenvalue weighted by Crippen LogP contribution is 2.21. The van der Waals surface area contributed by atoms with Crippen molar-refractivity contribution in [2.24, 2.45) is 0 Å². The number of aliphatic hydroxyl groups is 1. The highest BCUT2D eigenvalue weighted by Gasteiger charge is 2.13. The molecule has 0 saturated carbocycles. The predicted octanol–water partition coefficient (Wildman–Crippen LogP) is 4.60. The summed E-state index contributed by atoms with van der Waals surface area (Å²) in [7, 11) is 0. The standard InChI is InChI=1S/C19H21ClN2O2/c1-14(23)19-21-17-6-2-3-7-18(17)22(19)12-4-5-13-24-16-10-8-15(20)9-11-16/h2-3,6-11,14,23H,4-5,12-13H2,1H3/t14-/m0/s1. The highest BCUT2D eigenvalue weighted by molar-refractivity contribution is 6.30. The van der Waals surface area contributed by atoms with Crippen LogP contribution < -0.4 is 4.74 Å². The van der Waals surface area contributed by atoms with Gasteiger partial charge in [-0.25, -0.2) is 4.98 Å². The number of hydrogen-bond donors (Lipinski definition) is 1. The van der Waals surface area contributed by atoms with Crippen molar-refractivity contribution >= 4 is 22.6 Å². The summed E-state index contributed by atoms with van der Waals surface area (Å²) in [6, 6.07) is 15.4. The van der Waals surface area contributed by atoms with Gasteiger partial charge < -0.3 is 14.4 Å². The molecule has 0 spiro atoms. The van der Waals surface area contributed by atoms with Gasteiger partial charge in [0.15, 0.2) is 0 Å². The molecule has 1 atom stereocenters. The molecule has 3 aromatic rings. The number of unbranched alkanes of at least 4 members (excludes halogenated alkanes) is 1. The first-order valence-electron chi connectivity index (χ1n) is 8.17. The van der Waals surface area contributed by atoms with Gasteiger partial charge in [0.2, 0.25) is 0 Å². The Bertz CT molecular complexity index is 797. The van der Waals surface area contributed by atoms with Gasteiger partial charge in [-0.2, -0.15) is 0 Å². The number of rotatable bonds is 7. The normalized spacial score (nSPS) is 12.5. The molecule has 0 aliphatic carbocycles. The van der Waals surface area contributed by atoms with Crippen molar-refractivity contribution in [2.45, 2.75) is 32.4 Å². The molecule has 24 heavy (non-hydrogen) atoms. The fourth-order valence-corrected chi connectivity index (χ4v) is 2.87. The number of para-hydroxylation sites is 2. The van der Waals surface area contributed by atoms with Crippen molar-refractivity contribution in [3.63, 3.8) is 0 Å². The number of aryl methyl sites for hydroxylation is 1. The zero-order chi connectivity index (χ0) is 16.9. The van der Waals surface area contributed by atoms with E-state index < -0.39 is 6.10 Å². The number of fused-ring (bicyclic) bond motifs is 1. The van der Waals surface area contributed by atoms with E-state index in [0.717, 1.165) is 42.0 Å². The van der Waals surface area contributed by atoms with E-state index in [1.807, 2.05) is 48.5 Å². The largest absolute Gasteiger partial charge is 0.494 e. The number of aromatic nitrogens is 2. The molecule has 0 fully saturated rings. The Balaban J connectivity index is 1.57. The average molecular weight is 345 g/mol. The molecule has 5 heteroatoms. The van der Waals surface area contributed by atoms with Crippen LogP contribution in [0.3, 0.4) is 0 Å². The molecular weight excluding hydrogens is 324 g/mol. The fraction of sp³-hybridized carbons (Fsp3) is 0.316. The summed E-state index contributed by atoms with van der Waals surface area (Å²) in [4.78, 5) is 4.54. The van der Waals surface area contributed by atoms with Crippen LogP contribution in [-0.2, 0) is 6.54 Å². The first-order chi connectivity index (χ1) is 11.6. The van der Waals surface area contributed by atoms with E-state index in [4.69, 9.17) is 16.3 Å². The summed E-state index contributed by atoms with van der Waals surface area (Å²) in [5, 5.41) is 10.7. The van der Waals surface area contributed by atoms with E-state index in [-0.39, 0.29) is 0 Å².